The topological polar surface area (TPSA) is 58.6 Å². The van der Waals surface area contributed by atoms with E-state index < -0.39 is 10.0 Å². The second-order valence-corrected chi connectivity index (χ2v) is 6.49. The molecular formula is C13H22N2O3S. The molecule has 0 saturated heterocycles. The first-order valence-corrected chi connectivity index (χ1v) is 7.76. The molecule has 0 aliphatic heterocycles. The van der Waals surface area contributed by atoms with Crippen molar-refractivity contribution in [1.29, 1.82) is 0 Å². The Bertz CT molecular complexity index is 471. The number of ether oxygens (including phenoxy) is 1. The minimum Gasteiger partial charge on any atom is -0.383 e. The van der Waals surface area contributed by atoms with Gasteiger partial charge in [-0.05, 0) is 18.2 Å². The van der Waals surface area contributed by atoms with Crippen LogP contribution >= 0.6 is 0 Å². The number of methoxy groups -OCH3 is 1. The molecule has 0 heterocycles. The van der Waals surface area contributed by atoms with Crippen LogP contribution in [0.5, 0.6) is 0 Å². The Labute approximate surface area is 115 Å². The van der Waals surface area contributed by atoms with Crippen LogP contribution in [0.2, 0.25) is 0 Å². The van der Waals surface area contributed by atoms with E-state index in [2.05, 4.69) is 5.32 Å². The maximum absolute atomic E-state index is 12.1. The highest BCUT2D eigenvalue weighted by Crippen LogP contribution is 2.11. The quantitative estimate of drug-likeness (QED) is 0.768. The maximum Gasteiger partial charge on any atom is 0.218 e. The Morgan fingerprint density at radius 1 is 1.21 bits per heavy atom. The van der Waals surface area contributed by atoms with Gasteiger partial charge < -0.3 is 10.1 Å². The van der Waals surface area contributed by atoms with Gasteiger partial charge >= 0.3 is 0 Å². The Hall–Kier alpha value is -0.950. The van der Waals surface area contributed by atoms with E-state index >= 15 is 0 Å². The van der Waals surface area contributed by atoms with Crippen molar-refractivity contribution in [2.24, 2.45) is 0 Å². The van der Waals surface area contributed by atoms with Crippen molar-refractivity contribution in [1.82, 2.24) is 9.62 Å². The summed E-state index contributed by atoms with van der Waals surface area (Å²) in [5, 5.41) is 3.05. The first-order valence-electron chi connectivity index (χ1n) is 6.15. The molecule has 0 unspecified atom stereocenters. The summed E-state index contributed by atoms with van der Waals surface area (Å²) in [6, 6.07) is 7.59. The molecule has 0 aromatic heterocycles. The van der Waals surface area contributed by atoms with Crippen LogP contribution in [0.15, 0.2) is 24.3 Å². The molecule has 19 heavy (non-hydrogen) atoms. The van der Waals surface area contributed by atoms with E-state index in [0.29, 0.717) is 13.2 Å². The average molecular weight is 286 g/mol. The molecule has 1 rings (SSSR count). The summed E-state index contributed by atoms with van der Waals surface area (Å²) in [5.41, 5.74) is 1.93. The fraction of sp³-hybridized carbons (Fsp3) is 0.538. The van der Waals surface area contributed by atoms with Gasteiger partial charge in [0, 0.05) is 27.2 Å². The molecule has 0 saturated carbocycles. The van der Waals surface area contributed by atoms with Crippen LogP contribution in [0.25, 0.3) is 0 Å². The summed E-state index contributed by atoms with van der Waals surface area (Å²) >= 11 is 0. The summed E-state index contributed by atoms with van der Waals surface area (Å²) in [5.74, 6) is 0.0209. The number of hydrogen-bond donors (Lipinski definition) is 1. The van der Waals surface area contributed by atoms with Crippen LogP contribution < -0.4 is 5.32 Å². The largest absolute Gasteiger partial charge is 0.383 e. The van der Waals surface area contributed by atoms with E-state index in [0.717, 1.165) is 17.7 Å². The van der Waals surface area contributed by atoms with Gasteiger partial charge in [0.15, 0.2) is 0 Å². The first kappa shape index (κ1) is 16.1. The molecule has 0 radical (unpaired) electrons. The van der Waals surface area contributed by atoms with Crippen molar-refractivity contribution in [2.45, 2.75) is 12.3 Å². The van der Waals surface area contributed by atoms with E-state index in [1.165, 1.54) is 4.31 Å². The summed E-state index contributed by atoms with van der Waals surface area (Å²) in [7, 11) is 1.73. The van der Waals surface area contributed by atoms with Gasteiger partial charge in [0.05, 0.1) is 12.4 Å². The second-order valence-electron chi connectivity index (χ2n) is 4.42. The average Bonchev–Trinajstić information content (AvgIpc) is 2.38. The molecule has 0 amide bonds. The molecule has 5 nitrogen and oxygen atoms in total. The Balaban J connectivity index is 2.67. The molecule has 0 spiro atoms. The van der Waals surface area contributed by atoms with Crippen LogP contribution in [0.3, 0.4) is 0 Å². The Morgan fingerprint density at radius 3 is 2.32 bits per heavy atom. The lowest BCUT2D eigenvalue weighted by molar-refractivity contribution is 0.185. The fourth-order valence-corrected chi connectivity index (χ4v) is 2.82. The summed E-state index contributed by atoms with van der Waals surface area (Å²) < 4.78 is 30.4. The van der Waals surface area contributed by atoms with E-state index in [1.54, 1.807) is 14.2 Å². The zero-order chi connectivity index (χ0) is 14.3. The fourth-order valence-electron chi connectivity index (χ4n) is 1.64. The van der Waals surface area contributed by atoms with Gasteiger partial charge in [0.25, 0.3) is 0 Å². The molecule has 1 aromatic rings. The number of benzene rings is 1. The third-order valence-corrected chi connectivity index (χ3v) is 4.67. The molecule has 6 heteroatoms. The van der Waals surface area contributed by atoms with Gasteiger partial charge in [-0.1, -0.05) is 24.3 Å². The third kappa shape index (κ3) is 5.28. The molecule has 1 N–H and O–H groups in total. The highest BCUT2D eigenvalue weighted by molar-refractivity contribution is 7.88. The van der Waals surface area contributed by atoms with Crippen LogP contribution in [-0.2, 0) is 27.1 Å². The number of rotatable bonds is 8. The van der Waals surface area contributed by atoms with Gasteiger partial charge in [-0.3, -0.25) is 0 Å². The van der Waals surface area contributed by atoms with Gasteiger partial charge in [-0.25, -0.2) is 12.7 Å². The third-order valence-electron chi connectivity index (χ3n) is 2.84. The van der Waals surface area contributed by atoms with E-state index in [9.17, 15) is 8.42 Å². The van der Waals surface area contributed by atoms with Gasteiger partial charge in [-0.2, -0.15) is 0 Å². The van der Waals surface area contributed by atoms with Gasteiger partial charge in [0.1, 0.15) is 0 Å². The summed E-state index contributed by atoms with van der Waals surface area (Å²) in [6.07, 6.45) is 0. The van der Waals surface area contributed by atoms with Crippen molar-refractivity contribution in [3.8, 4) is 0 Å². The van der Waals surface area contributed by atoms with Gasteiger partial charge in [-0.15, -0.1) is 0 Å². The molecule has 0 aliphatic carbocycles. The zero-order valence-electron chi connectivity index (χ0n) is 11.7. The Kier molecular flexibility index (Phi) is 6.44. The van der Waals surface area contributed by atoms with Crippen molar-refractivity contribution >= 4 is 10.0 Å². The predicted octanol–water partition coefficient (Wildman–Crippen LogP) is 0.814. The molecule has 0 fully saturated rings. The minimum atomic E-state index is -3.27. The first-order chi connectivity index (χ1) is 8.99. The maximum atomic E-state index is 12.1. The number of sulfonamides is 1. The highest BCUT2D eigenvalue weighted by atomic mass is 32.2. The summed E-state index contributed by atoms with van der Waals surface area (Å²) in [4.78, 5) is 0. The van der Waals surface area contributed by atoms with E-state index in [4.69, 9.17) is 4.74 Å². The van der Waals surface area contributed by atoms with E-state index in [-0.39, 0.29) is 5.75 Å². The number of nitrogens with one attached hydrogen (secondary N) is 1. The summed E-state index contributed by atoms with van der Waals surface area (Å²) in [6.45, 7) is 1.55. The number of likely N-dealkylation sites (N-methyl/N-ethyl adjacent to an activating group) is 1. The number of nitrogens with zero attached hydrogens (tertiary/aromatic N) is 1. The van der Waals surface area contributed by atoms with Crippen LogP contribution in [-0.4, -0.2) is 47.1 Å². The SMILES string of the molecule is CNCc1ccc(CS(=O)(=O)N(C)CCOC)cc1. The predicted molar refractivity (Wildman–Crippen MR) is 76.3 cm³/mol. The smallest absolute Gasteiger partial charge is 0.218 e. The van der Waals surface area contributed by atoms with E-state index in [1.807, 2.05) is 31.3 Å². The van der Waals surface area contributed by atoms with Crippen molar-refractivity contribution in [2.75, 3.05) is 34.4 Å². The molecule has 0 bridgehead atoms. The van der Waals surface area contributed by atoms with Gasteiger partial charge in [0.2, 0.25) is 10.0 Å². The van der Waals surface area contributed by atoms with Crippen LogP contribution in [0, 0.1) is 0 Å². The lowest BCUT2D eigenvalue weighted by Crippen LogP contribution is -2.31. The normalized spacial score (nSPS) is 12.0. The van der Waals surface area contributed by atoms with Crippen molar-refractivity contribution in [3.63, 3.8) is 0 Å². The molecule has 0 aliphatic rings. The lowest BCUT2D eigenvalue weighted by Gasteiger charge is -2.16. The lowest BCUT2D eigenvalue weighted by atomic mass is 10.1. The number of hydrogen-bond acceptors (Lipinski definition) is 4. The Morgan fingerprint density at radius 2 is 1.79 bits per heavy atom. The van der Waals surface area contributed by atoms with Crippen LogP contribution in [0.1, 0.15) is 11.1 Å². The monoisotopic (exact) mass is 286 g/mol. The zero-order valence-corrected chi connectivity index (χ0v) is 12.5. The molecule has 108 valence electrons. The van der Waals surface area contributed by atoms with Crippen molar-refractivity contribution < 1.29 is 13.2 Å². The minimum absolute atomic E-state index is 0.0209. The van der Waals surface area contributed by atoms with Crippen molar-refractivity contribution in [3.05, 3.63) is 35.4 Å². The highest BCUT2D eigenvalue weighted by Gasteiger charge is 2.17. The standard InChI is InChI=1S/C13H22N2O3S/c1-14-10-12-4-6-13(7-5-12)11-19(16,17)15(2)8-9-18-3/h4-7,14H,8-11H2,1-3H3. The second kappa shape index (κ2) is 7.59. The van der Waals surface area contributed by atoms with Crippen LogP contribution in [0.4, 0.5) is 0 Å². The molecule has 0 atom stereocenters. The molecule has 1 aromatic carbocycles. The molecular weight excluding hydrogens is 264 g/mol.